The van der Waals surface area contributed by atoms with Crippen LogP contribution in [-0.4, -0.2) is 51.4 Å². The van der Waals surface area contributed by atoms with E-state index in [1.807, 2.05) is 0 Å². The molecule has 1 saturated heterocycles. The molecular formula is C18H19ClN4O3. The second-order valence-electron chi connectivity index (χ2n) is 6.19. The van der Waals surface area contributed by atoms with Crippen LogP contribution in [-0.2, 0) is 10.4 Å². The monoisotopic (exact) mass is 374 g/mol. The van der Waals surface area contributed by atoms with Gasteiger partial charge in [0.2, 0.25) is 5.91 Å². The van der Waals surface area contributed by atoms with E-state index in [2.05, 4.69) is 15.3 Å². The number of benzene rings is 1. The summed E-state index contributed by atoms with van der Waals surface area (Å²) in [7, 11) is 0. The number of nitrogens with zero attached hydrogens (tertiary/aromatic N) is 3. The van der Waals surface area contributed by atoms with Crippen molar-refractivity contribution in [3.8, 4) is 0 Å². The Labute approximate surface area is 156 Å². The number of hydrogen-bond donors (Lipinski definition) is 2. The molecule has 1 aliphatic heterocycles. The Morgan fingerprint density at radius 1 is 1.19 bits per heavy atom. The summed E-state index contributed by atoms with van der Waals surface area (Å²) in [4.78, 5) is 33.6. The SMILES string of the molecule is O=C(NCC(=O)N1CCC(O)(c2ccc(Cl)cc2)CC1)c1cnccn1. The van der Waals surface area contributed by atoms with Gasteiger partial charge in [0.15, 0.2) is 0 Å². The number of carbonyl (C=O) groups excluding carboxylic acids is 2. The van der Waals surface area contributed by atoms with Crippen LogP contribution in [0.1, 0.15) is 28.9 Å². The molecule has 3 rings (SSSR count). The number of piperidine rings is 1. The summed E-state index contributed by atoms with van der Waals surface area (Å²) in [5, 5.41) is 14.0. The van der Waals surface area contributed by atoms with Crippen molar-refractivity contribution in [2.75, 3.05) is 19.6 Å². The molecule has 1 aromatic carbocycles. The van der Waals surface area contributed by atoms with Gasteiger partial charge in [-0.05, 0) is 30.5 Å². The summed E-state index contributed by atoms with van der Waals surface area (Å²) in [6.45, 7) is 0.715. The van der Waals surface area contributed by atoms with Crippen molar-refractivity contribution in [3.05, 3.63) is 59.1 Å². The van der Waals surface area contributed by atoms with E-state index in [-0.39, 0.29) is 18.1 Å². The molecule has 8 heteroatoms. The number of halogens is 1. The molecule has 0 radical (unpaired) electrons. The lowest BCUT2D eigenvalue weighted by molar-refractivity contribution is -0.134. The van der Waals surface area contributed by atoms with Crippen LogP contribution in [0.2, 0.25) is 5.02 Å². The lowest BCUT2D eigenvalue weighted by Crippen LogP contribution is -2.48. The third-order valence-electron chi connectivity index (χ3n) is 4.52. The lowest BCUT2D eigenvalue weighted by Gasteiger charge is -2.38. The van der Waals surface area contributed by atoms with Crippen LogP contribution in [0.15, 0.2) is 42.9 Å². The van der Waals surface area contributed by atoms with E-state index in [0.29, 0.717) is 31.0 Å². The van der Waals surface area contributed by atoms with Gasteiger partial charge in [-0.15, -0.1) is 0 Å². The number of likely N-dealkylation sites (tertiary alicyclic amines) is 1. The van der Waals surface area contributed by atoms with Crippen LogP contribution in [0, 0.1) is 0 Å². The molecular weight excluding hydrogens is 356 g/mol. The van der Waals surface area contributed by atoms with Crippen molar-refractivity contribution >= 4 is 23.4 Å². The molecule has 7 nitrogen and oxygen atoms in total. The van der Waals surface area contributed by atoms with Crippen molar-refractivity contribution < 1.29 is 14.7 Å². The quantitative estimate of drug-likeness (QED) is 0.842. The summed E-state index contributed by atoms with van der Waals surface area (Å²) in [6, 6.07) is 7.10. The van der Waals surface area contributed by atoms with Gasteiger partial charge < -0.3 is 15.3 Å². The van der Waals surface area contributed by atoms with Crippen LogP contribution in [0.25, 0.3) is 0 Å². The van der Waals surface area contributed by atoms with Gasteiger partial charge in [0.25, 0.3) is 5.91 Å². The molecule has 0 atom stereocenters. The van der Waals surface area contributed by atoms with Crippen molar-refractivity contribution in [1.82, 2.24) is 20.2 Å². The van der Waals surface area contributed by atoms with Crippen LogP contribution in [0.4, 0.5) is 0 Å². The topological polar surface area (TPSA) is 95.4 Å². The molecule has 0 unspecified atom stereocenters. The molecule has 2 amide bonds. The zero-order valence-electron chi connectivity index (χ0n) is 14.1. The maximum absolute atomic E-state index is 12.3. The number of aliphatic hydroxyl groups is 1. The first-order valence-corrected chi connectivity index (χ1v) is 8.66. The first kappa shape index (κ1) is 18.3. The minimum absolute atomic E-state index is 0.116. The molecule has 1 aromatic heterocycles. The van der Waals surface area contributed by atoms with E-state index in [1.165, 1.54) is 18.6 Å². The van der Waals surface area contributed by atoms with Crippen molar-refractivity contribution in [3.63, 3.8) is 0 Å². The number of rotatable bonds is 4. The summed E-state index contributed by atoms with van der Waals surface area (Å²) >= 11 is 5.89. The van der Waals surface area contributed by atoms with Gasteiger partial charge >= 0.3 is 0 Å². The maximum Gasteiger partial charge on any atom is 0.271 e. The average molecular weight is 375 g/mol. The molecule has 2 aromatic rings. The molecule has 136 valence electrons. The van der Waals surface area contributed by atoms with E-state index in [0.717, 1.165) is 5.56 Å². The fourth-order valence-electron chi connectivity index (χ4n) is 2.95. The molecule has 26 heavy (non-hydrogen) atoms. The highest BCUT2D eigenvalue weighted by Gasteiger charge is 2.35. The standard InChI is InChI=1S/C18H19ClN4O3/c19-14-3-1-13(2-4-14)18(26)5-9-23(10-6-18)16(24)12-22-17(25)15-11-20-7-8-21-15/h1-4,7-8,11,26H,5-6,9-10,12H2,(H,22,25). The summed E-state index contributed by atoms with van der Waals surface area (Å²) in [6.07, 6.45) is 5.08. The average Bonchev–Trinajstić information content (AvgIpc) is 2.67. The highest BCUT2D eigenvalue weighted by atomic mass is 35.5. The Balaban J connectivity index is 1.52. The minimum Gasteiger partial charge on any atom is -0.385 e. The Hall–Kier alpha value is -2.51. The second-order valence-corrected chi connectivity index (χ2v) is 6.63. The molecule has 2 heterocycles. The van der Waals surface area contributed by atoms with Crippen LogP contribution < -0.4 is 5.32 Å². The first-order valence-electron chi connectivity index (χ1n) is 8.28. The normalized spacial score (nSPS) is 16.2. The summed E-state index contributed by atoms with van der Waals surface area (Å²) < 4.78 is 0. The Morgan fingerprint density at radius 2 is 1.88 bits per heavy atom. The van der Waals surface area contributed by atoms with Crippen molar-refractivity contribution in [2.45, 2.75) is 18.4 Å². The Bertz CT molecular complexity index is 775. The van der Waals surface area contributed by atoms with Crippen molar-refractivity contribution in [2.24, 2.45) is 0 Å². The molecule has 1 aliphatic rings. The number of carbonyl (C=O) groups is 2. The van der Waals surface area contributed by atoms with Gasteiger partial charge in [-0.2, -0.15) is 0 Å². The molecule has 0 saturated carbocycles. The highest BCUT2D eigenvalue weighted by molar-refractivity contribution is 6.30. The third-order valence-corrected chi connectivity index (χ3v) is 4.77. The van der Waals surface area contributed by atoms with Gasteiger partial charge in [0, 0.05) is 30.5 Å². The smallest absolute Gasteiger partial charge is 0.271 e. The lowest BCUT2D eigenvalue weighted by atomic mass is 9.84. The Morgan fingerprint density at radius 3 is 2.50 bits per heavy atom. The predicted molar refractivity (Wildman–Crippen MR) is 95.5 cm³/mol. The number of aromatic nitrogens is 2. The van der Waals surface area contributed by atoms with Crippen LogP contribution in [0.5, 0.6) is 0 Å². The van der Waals surface area contributed by atoms with E-state index < -0.39 is 11.5 Å². The van der Waals surface area contributed by atoms with Gasteiger partial charge in [-0.25, -0.2) is 4.98 Å². The summed E-state index contributed by atoms with van der Waals surface area (Å²) in [5.74, 6) is -0.637. The highest BCUT2D eigenvalue weighted by Crippen LogP contribution is 2.33. The summed E-state index contributed by atoms with van der Waals surface area (Å²) in [5.41, 5.74) is -0.00874. The van der Waals surface area contributed by atoms with E-state index >= 15 is 0 Å². The zero-order chi connectivity index (χ0) is 18.6. The fraction of sp³-hybridized carbons (Fsp3) is 0.333. The molecule has 0 spiro atoms. The number of amides is 2. The Kier molecular flexibility index (Phi) is 5.49. The van der Waals surface area contributed by atoms with E-state index in [9.17, 15) is 14.7 Å². The molecule has 1 fully saturated rings. The number of nitrogens with one attached hydrogen (secondary N) is 1. The van der Waals surface area contributed by atoms with Gasteiger partial charge in [0.05, 0.1) is 18.3 Å². The van der Waals surface area contributed by atoms with Crippen LogP contribution in [0.3, 0.4) is 0 Å². The zero-order valence-corrected chi connectivity index (χ0v) is 14.8. The third kappa shape index (κ3) is 4.17. The molecule has 0 aliphatic carbocycles. The largest absolute Gasteiger partial charge is 0.385 e. The minimum atomic E-state index is -0.968. The van der Waals surface area contributed by atoms with Gasteiger partial charge in [0.1, 0.15) is 5.69 Å². The first-order chi connectivity index (χ1) is 12.5. The van der Waals surface area contributed by atoms with Gasteiger partial charge in [-0.3, -0.25) is 14.6 Å². The molecule has 0 bridgehead atoms. The van der Waals surface area contributed by atoms with Gasteiger partial charge in [-0.1, -0.05) is 23.7 Å². The maximum atomic E-state index is 12.3. The van der Waals surface area contributed by atoms with Crippen molar-refractivity contribution in [1.29, 1.82) is 0 Å². The second kappa shape index (κ2) is 7.80. The van der Waals surface area contributed by atoms with Crippen LogP contribution >= 0.6 is 11.6 Å². The number of hydrogen-bond acceptors (Lipinski definition) is 5. The predicted octanol–water partition coefficient (Wildman–Crippen LogP) is 1.37. The fourth-order valence-corrected chi connectivity index (χ4v) is 3.08. The van der Waals surface area contributed by atoms with E-state index in [1.54, 1.807) is 29.2 Å². The van der Waals surface area contributed by atoms with E-state index in [4.69, 9.17) is 11.6 Å². The molecule has 2 N–H and O–H groups in total.